The van der Waals surface area contributed by atoms with E-state index in [4.69, 9.17) is 5.73 Å². The van der Waals surface area contributed by atoms with Crippen LogP contribution in [0.4, 0.5) is 11.8 Å². The molecule has 0 atom stereocenters. The van der Waals surface area contributed by atoms with Gasteiger partial charge in [0.1, 0.15) is 5.82 Å². The summed E-state index contributed by atoms with van der Waals surface area (Å²) in [5.74, 6) is 1.23. The smallest absolute Gasteiger partial charge is 0.222 e. The van der Waals surface area contributed by atoms with E-state index < -0.39 is 0 Å². The number of hydrogen-bond acceptors (Lipinski definition) is 5. The molecule has 1 aliphatic rings. The molecule has 1 heterocycles. The number of hydrogen-bond donors (Lipinski definition) is 2. The minimum absolute atomic E-state index is 0.0211. The highest BCUT2D eigenvalue weighted by Crippen LogP contribution is 2.39. The zero-order valence-corrected chi connectivity index (χ0v) is 12.8. The fourth-order valence-corrected chi connectivity index (χ4v) is 3.35. The van der Waals surface area contributed by atoms with Crippen molar-refractivity contribution in [1.82, 2.24) is 9.97 Å². The van der Waals surface area contributed by atoms with Crippen molar-refractivity contribution in [2.24, 2.45) is 5.41 Å². The average molecular weight is 278 g/mol. The number of aromatic nitrogens is 2. The van der Waals surface area contributed by atoms with Gasteiger partial charge in [0.25, 0.3) is 0 Å². The Balaban J connectivity index is 2.24. The molecule has 5 nitrogen and oxygen atoms in total. The molecule has 0 saturated heterocycles. The third-order valence-corrected chi connectivity index (χ3v) is 4.51. The van der Waals surface area contributed by atoms with Crippen LogP contribution in [0.5, 0.6) is 0 Å². The Labute approximate surface area is 121 Å². The minimum Gasteiger partial charge on any atom is -0.396 e. The van der Waals surface area contributed by atoms with E-state index in [0.29, 0.717) is 5.95 Å². The molecule has 0 bridgehead atoms. The van der Waals surface area contributed by atoms with Crippen LogP contribution >= 0.6 is 0 Å². The standard InChI is InChI=1S/C15H26N4O/c1-4-12-11(2)13(18-14(16)17-12)19(3)9-15(10-20)7-5-6-8-15/h20H,4-10H2,1-3H3,(H2,16,17,18). The lowest BCUT2D eigenvalue weighted by Gasteiger charge is -2.33. The Hall–Kier alpha value is -1.36. The van der Waals surface area contributed by atoms with Crippen molar-refractivity contribution in [3.05, 3.63) is 11.3 Å². The Morgan fingerprint density at radius 1 is 1.30 bits per heavy atom. The van der Waals surface area contributed by atoms with Crippen molar-refractivity contribution in [2.45, 2.75) is 46.0 Å². The van der Waals surface area contributed by atoms with Crippen LogP contribution in [0.25, 0.3) is 0 Å². The molecular weight excluding hydrogens is 252 g/mol. The lowest BCUT2D eigenvalue weighted by molar-refractivity contribution is 0.136. The number of aliphatic hydroxyl groups excluding tert-OH is 1. The van der Waals surface area contributed by atoms with Gasteiger partial charge in [-0.05, 0) is 26.2 Å². The molecule has 3 N–H and O–H groups in total. The minimum atomic E-state index is 0.0211. The van der Waals surface area contributed by atoms with Gasteiger partial charge in [-0.25, -0.2) is 4.98 Å². The molecule has 0 aromatic carbocycles. The van der Waals surface area contributed by atoms with Crippen molar-refractivity contribution in [3.63, 3.8) is 0 Å². The molecule has 1 fully saturated rings. The quantitative estimate of drug-likeness (QED) is 0.860. The van der Waals surface area contributed by atoms with E-state index in [1.54, 1.807) is 0 Å². The summed E-state index contributed by atoms with van der Waals surface area (Å²) >= 11 is 0. The fourth-order valence-electron chi connectivity index (χ4n) is 3.35. The summed E-state index contributed by atoms with van der Waals surface area (Å²) in [7, 11) is 2.03. The maximum absolute atomic E-state index is 9.75. The van der Waals surface area contributed by atoms with E-state index in [1.807, 2.05) is 14.0 Å². The maximum atomic E-state index is 9.75. The highest BCUT2D eigenvalue weighted by Gasteiger charge is 2.35. The van der Waals surface area contributed by atoms with Crippen molar-refractivity contribution in [2.75, 3.05) is 30.8 Å². The van der Waals surface area contributed by atoms with E-state index >= 15 is 0 Å². The largest absolute Gasteiger partial charge is 0.396 e. The van der Waals surface area contributed by atoms with Crippen LogP contribution in [0.1, 0.15) is 43.9 Å². The predicted octanol–water partition coefficient (Wildman–Crippen LogP) is 1.92. The monoisotopic (exact) mass is 278 g/mol. The molecule has 5 heteroatoms. The van der Waals surface area contributed by atoms with Crippen LogP contribution in [0, 0.1) is 12.3 Å². The third-order valence-electron chi connectivity index (χ3n) is 4.51. The summed E-state index contributed by atoms with van der Waals surface area (Å²) in [6.07, 6.45) is 5.45. The molecule has 0 spiro atoms. The fraction of sp³-hybridized carbons (Fsp3) is 0.733. The van der Waals surface area contributed by atoms with Crippen molar-refractivity contribution < 1.29 is 5.11 Å². The molecule has 1 aromatic rings. The highest BCUT2D eigenvalue weighted by atomic mass is 16.3. The second-order valence-corrected chi connectivity index (χ2v) is 6.05. The van der Waals surface area contributed by atoms with Gasteiger partial charge in [-0.1, -0.05) is 19.8 Å². The maximum Gasteiger partial charge on any atom is 0.222 e. The topological polar surface area (TPSA) is 75.3 Å². The number of nitrogen functional groups attached to an aromatic ring is 1. The van der Waals surface area contributed by atoms with E-state index in [0.717, 1.165) is 42.9 Å². The number of anilines is 2. The van der Waals surface area contributed by atoms with E-state index in [1.165, 1.54) is 12.8 Å². The first-order chi connectivity index (χ1) is 9.51. The molecule has 1 aromatic heterocycles. The summed E-state index contributed by atoms with van der Waals surface area (Å²) in [4.78, 5) is 10.8. The summed E-state index contributed by atoms with van der Waals surface area (Å²) in [5, 5.41) is 9.75. The van der Waals surface area contributed by atoms with Crippen LogP contribution in [0.15, 0.2) is 0 Å². The zero-order chi connectivity index (χ0) is 14.8. The lowest BCUT2D eigenvalue weighted by atomic mass is 9.86. The second kappa shape index (κ2) is 5.95. The van der Waals surface area contributed by atoms with Gasteiger partial charge in [0.15, 0.2) is 0 Å². The Kier molecular flexibility index (Phi) is 4.48. The van der Waals surface area contributed by atoms with Crippen molar-refractivity contribution >= 4 is 11.8 Å². The first kappa shape index (κ1) is 15.0. The molecule has 1 aliphatic carbocycles. The zero-order valence-electron chi connectivity index (χ0n) is 12.8. The molecule has 20 heavy (non-hydrogen) atoms. The number of aliphatic hydroxyl groups is 1. The van der Waals surface area contributed by atoms with E-state index in [9.17, 15) is 5.11 Å². The molecule has 112 valence electrons. The predicted molar refractivity (Wildman–Crippen MR) is 81.8 cm³/mol. The third kappa shape index (κ3) is 2.87. The summed E-state index contributed by atoms with van der Waals surface area (Å²) in [6, 6.07) is 0. The number of nitrogens with zero attached hydrogens (tertiary/aromatic N) is 3. The molecule has 1 saturated carbocycles. The summed E-state index contributed by atoms with van der Waals surface area (Å²) in [6.45, 7) is 5.19. The average Bonchev–Trinajstić information content (AvgIpc) is 2.90. The molecule has 0 amide bonds. The van der Waals surface area contributed by atoms with Gasteiger partial charge >= 0.3 is 0 Å². The molecule has 0 aliphatic heterocycles. The Bertz CT molecular complexity index is 469. The Morgan fingerprint density at radius 3 is 2.50 bits per heavy atom. The Morgan fingerprint density at radius 2 is 1.95 bits per heavy atom. The van der Waals surface area contributed by atoms with Gasteiger partial charge in [-0.2, -0.15) is 4.98 Å². The van der Waals surface area contributed by atoms with E-state index in [2.05, 4.69) is 21.8 Å². The first-order valence-electron chi connectivity index (χ1n) is 7.46. The van der Waals surface area contributed by atoms with Crippen LogP contribution in [0.3, 0.4) is 0 Å². The molecule has 0 unspecified atom stereocenters. The van der Waals surface area contributed by atoms with Gasteiger partial charge in [-0.15, -0.1) is 0 Å². The van der Waals surface area contributed by atoms with Crippen LogP contribution in [0.2, 0.25) is 0 Å². The van der Waals surface area contributed by atoms with Crippen LogP contribution < -0.4 is 10.6 Å². The van der Waals surface area contributed by atoms with Gasteiger partial charge in [0.2, 0.25) is 5.95 Å². The summed E-state index contributed by atoms with van der Waals surface area (Å²) in [5.41, 5.74) is 7.93. The SMILES string of the molecule is CCc1nc(N)nc(N(C)CC2(CO)CCCC2)c1C. The second-order valence-electron chi connectivity index (χ2n) is 6.05. The van der Waals surface area contributed by atoms with Crippen LogP contribution in [-0.4, -0.2) is 35.3 Å². The number of rotatable bonds is 5. The summed E-state index contributed by atoms with van der Waals surface area (Å²) < 4.78 is 0. The molecule has 0 radical (unpaired) electrons. The van der Waals surface area contributed by atoms with Gasteiger partial charge in [0.05, 0.1) is 12.3 Å². The number of aryl methyl sites for hydroxylation is 1. The van der Waals surface area contributed by atoms with Gasteiger partial charge < -0.3 is 15.7 Å². The highest BCUT2D eigenvalue weighted by molar-refractivity contribution is 5.51. The van der Waals surface area contributed by atoms with Crippen molar-refractivity contribution in [3.8, 4) is 0 Å². The van der Waals surface area contributed by atoms with Crippen molar-refractivity contribution in [1.29, 1.82) is 0 Å². The van der Waals surface area contributed by atoms with Gasteiger partial charge in [-0.3, -0.25) is 0 Å². The lowest BCUT2D eigenvalue weighted by Crippen LogP contribution is -2.37. The molecule has 2 rings (SSSR count). The van der Waals surface area contributed by atoms with E-state index in [-0.39, 0.29) is 12.0 Å². The van der Waals surface area contributed by atoms with Gasteiger partial charge in [0, 0.05) is 24.6 Å². The first-order valence-corrected chi connectivity index (χ1v) is 7.46. The number of nitrogens with two attached hydrogens (primary N) is 1. The normalized spacial score (nSPS) is 17.4. The molecular formula is C15H26N4O. The van der Waals surface area contributed by atoms with Crippen LogP contribution in [-0.2, 0) is 6.42 Å².